The topological polar surface area (TPSA) is 78.9 Å². The van der Waals surface area contributed by atoms with Crippen LogP contribution in [0.1, 0.15) is 11.3 Å². The zero-order valence-electron chi connectivity index (χ0n) is 13.6. The summed E-state index contributed by atoms with van der Waals surface area (Å²) in [5, 5.41) is 12.0. The van der Waals surface area contributed by atoms with Gasteiger partial charge in [0.1, 0.15) is 23.2 Å². The van der Waals surface area contributed by atoms with Crippen molar-refractivity contribution in [2.24, 2.45) is 0 Å². The summed E-state index contributed by atoms with van der Waals surface area (Å²) in [4.78, 5) is 16.2. The molecular weight excluding hydrogens is 394 g/mol. The van der Waals surface area contributed by atoms with Crippen LogP contribution in [0.3, 0.4) is 0 Å². The number of nitriles is 1. The number of nitrogens with zero attached hydrogens (tertiary/aromatic N) is 2. The molecule has 5 nitrogen and oxygen atoms in total. The van der Waals surface area contributed by atoms with Crippen LogP contribution >= 0.6 is 15.9 Å². The lowest BCUT2D eigenvalue weighted by atomic mass is 10.2. The largest absolute Gasteiger partial charge is 0.457 e. The Morgan fingerprint density at radius 3 is 2.73 bits per heavy atom. The van der Waals surface area contributed by atoms with Gasteiger partial charge in [-0.15, -0.1) is 0 Å². The van der Waals surface area contributed by atoms with E-state index >= 15 is 0 Å². The zero-order chi connectivity index (χ0) is 18.4. The standard InChI is InChI=1S/C20H14BrN3O2/c21-17-5-3-15(4-6-17)19-8-7-18(26-19)10-16(11-22)20(25)24-13-14-2-1-9-23-12-14/h1-10,12H,13H2,(H,24,25)/b16-10-. The molecule has 6 heteroatoms. The van der Waals surface area contributed by atoms with E-state index in [0.29, 0.717) is 18.1 Å². The minimum atomic E-state index is -0.460. The molecule has 0 spiro atoms. The van der Waals surface area contributed by atoms with Crippen LogP contribution in [0.5, 0.6) is 0 Å². The third-order valence-electron chi connectivity index (χ3n) is 3.58. The van der Waals surface area contributed by atoms with Gasteiger partial charge < -0.3 is 9.73 Å². The predicted octanol–water partition coefficient (Wildman–Crippen LogP) is 4.33. The Balaban J connectivity index is 1.71. The van der Waals surface area contributed by atoms with Crippen molar-refractivity contribution < 1.29 is 9.21 Å². The highest BCUT2D eigenvalue weighted by atomic mass is 79.9. The summed E-state index contributed by atoms with van der Waals surface area (Å²) in [5.41, 5.74) is 1.74. The van der Waals surface area contributed by atoms with E-state index in [-0.39, 0.29) is 5.57 Å². The number of halogens is 1. The third-order valence-corrected chi connectivity index (χ3v) is 4.11. The molecule has 0 unspecified atom stereocenters. The van der Waals surface area contributed by atoms with Crippen molar-refractivity contribution in [1.82, 2.24) is 10.3 Å². The van der Waals surface area contributed by atoms with Gasteiger partial charge in [-0.05, 0) is 35.9 Å². The van der Waals surface area contributed by atoms with Crippen LogP contribution in [-0.2, 0) is 11.3 Å². The molecule has 26 heavy (non-hydrogen) atoms. The summed E-state index contributed by atoms with van der Waals surface area (Å²) < 4.78 is 6.70. The maximum absolute atomic E-state index is 12.2. The SMILES string of the molecule is N#C/C(=C/c1ccc(-c2ccc(Br)cc2)o1)C(=O)NCc1cccnc1. The van der Waals surface area contributed by atoms with Crippen LogP contribution in [-0.4, -0.2) is 10.9 Å². The lowest BCUT2D eigenvalue weighted by Gasteiger charge is -2.03. The van der Waals surface area contributed by atoms with Crippen LogP contribution in [0.15, 0.2) is 75.4 Å². The van der Waals surface area contributed by atoms with Gasteiger partial charge in [0.25, 0.3) is 5.91 Å². The Kier molecular flexibility index (Phi) is 5.62. The van der Waals surface area contributed by atoms with E-state index in [4.69, 9.17) is 4.42 Å². The van der Waals surface area contributed by atoms with E-state index in [9.17, 15) is 10.1 Å². The van der Waals surface area contributed by atoms with E-state index in [2.05, 4.69) is 26.2 Å². The monoisotopic (exact) mass is 407 g/mol. The molecule has 0 saturated heterocycles. The number of rotatable bonds is 5. The smallest absolute Gasteiger partial charge is 0.262 e. The summed E-state index contributed by atoms with van der Waals surface area (Å²) in [6.45, 7) is 0.300. The fourth-order valence-corrected chi connectivity index (χ4v) is 2.54. The van der Waals surface area contributed by atoms with Gasteiger partial charge in [-0.3, -0.25) is 9.78 Å². The molecule has 0 radical (unpaired) electrons. The lowest BCUT2D eigenvalue weighted by molar-refractivity contribution is -0.117. The normalized spacial score (nSPS) is 11.0. The van der Waals surface area contributed by atoms with Gasteiger partial charge >= 0.3 is 0 Å². The average Bonchev–Trinajstić information content (AvgIpc) is 3.14. The molecule has 3 aromatic rings. The van der Waals surface area contributed by atoms with E-state index < -0.39 is 5.91 Å². The number of hydrogen-bond donors (Lipinski definition) is 1. The van der Waals surface area contributed by atoms with Crippen molar-refractivity contribution in [3.8, 4) is 17.4 Å². The van der Waals surface area contributed by atoms with Crippen LogP contribution in [0.4, 0.5) is 0 Å². The van der Waals surface area contributed by atoms with Crippen molar-refractivity contribution in [3.63, 3.8) is 0 Å². The van der Waals surface area contributed by atoms with Crippen molar-refractivity contribution in [2.45, 2.75) is 6.54 Å². The highest BCUT2D eigenvalue weighted by Gasteiger charge is 2.11. The lowest BCUT2D eigenvalue weighted by Crippen LogP contribution is -2.23. The van der Waals surface area contributed by atoms with Gasteiger partial charge in [-0.2, -0.15) is 5.26 Å². The number of pyridine rings is 1. The number of amides is 1. The average molecular weight is 408 g/mol. The van der Waals surface area contributed by atoms with Crippen molar-refractivity contribution in [3.05, 3.63) is 82.3 Å². The molecule has 0 aliphatic heterocycles. The van der Waals surface area contributed by atoms with E-state index in [0.717, 1.165) is 15.6 Å². The molecule has 1 amide bonds. The number of hydrogen-bond acceptors (Lipinski definition) is 4. The first-order valence-electron chi connectivity index (χ1n) is 7.80. The summed E-state index contributed by atoms with van der Waals surface area (Å²) in [6.07, 6.45) is 4.75. The Morgan fingerprint density at radius 2 is 2.04 bits per heavy atom. The molecule has 0 atom stereocenters. The second kappa shape index (κ2) is 8.28. The molecule has 0 bridgehead atoms. The van der Waals surface area contributed by atoms with Gasteiger partial charge in [0.2, 0.25) is 0 Å². The summed E-state index contributed by atoms with van der Waals surface area (Å²) >= 11 is 3.39. The van der Waals surface area contributed by atoms with Gasteiger partial charge in [0.05, 0.1) is 0 Å². The highest BCUT2D eigenvalue weighted by Crippen LogP contribution is 2.25. The molecule has 0 fully saturated rings. The Hall–Kier alpha value is -3.17. The fourth-order valence-electron chi connectivity index (χ4n) is 2.27. The number of furan rings is 1. The fraction of sp³-hybridized carbons (Fsp3) is 0.0500. The summed E-state index contributed by atoms with van der Waals surface area (Å²) in [5.74, 6) is 0.644. The van der Waals surface area contributed by atoms with E-state index in [1.807, 2.05) is 36.4 Å². The first kappa shape index (κ1) is 17.6. The van der Waals surface area contributed by atoms with Gasteiger partial charge in [-0.1, -0.05) is 34.1 Å². The Labute approximate surface area is 159 Å². The van der Waals surface area contributed by atoms with E-state index in [1.54, 1.807) is 30.6 Å². The minimum Gasteiger partial charge on any atom is -0.457 e. The molecule has 2 heterocycles. The molecule has 1 aromatic carbocycles. The molecule has 3 rings (SSSR count). The second-order valence-corrected chi connectivity index (χ2v) is 6.34. The number of benzene rings is 1. The number of nitrogens with one attached hydrogen (secondary N) is 1. The van der Waals surface area contributed by atoms with Crippen molar-refractivity contribution in [2.75, 3.05) is 0 Å². The van der Waals surface area contributed by atoms with Crippen molar-refractivity contribution in [1.29, 1.82) is 5.26 Å². The third kappa shape index (κ3) is 4.47. The molecule has 128 valence electrons. The van der Waals surface area contributed by atoms with E-state index in [1.165, 1.54) is 6.08 Å². The molecule has 0 aliphatic carbocycles. The van der Waals surface area contributed by atoms with Crippen LogP contribution < -0.4 is 5.32 Å². The molecule has 2 aromatic heterocycles. The molecule has 1 N–H and O–H groups in total. The summed E-state index contributed by atoms with van der Waals surface area (Å²) in [6, 6.07) is 16.7. The molecule has 0 saturated carbocycles. The first-order valence-corrected chi connectivity index (χ1v) is 8.59. The van der Waals surface area contributed by atoms with Gasteiger partial charge in [0.15, 0.2) is 0 Å². The first-order chi connectivity index (χ1) is 12.7. The highest BCUT2D eigenvalue weighted by molar-refractivity contribution is 9.10. The maximum Gasteiger partial charge on any atom is 0.262 e. The number of aromatic nitrogens is 1. The minimum absolute atomic E-state index is 0.0226. The predicted molar refractivity (Wildman–Crippen MR) is 102 cm³/mol. The maximum atomic E-state index is 12.2. The molecule has 0 aliphatic rings. The van der Waals surface area contributed by atoms with Crippen LogP contribution in [0.25, 0.3) is 17.4 Å². The van der Waals surface area contributed by atoms with Crippen LogP contribution in [0.2, 0.25) is 0 Å². The number of carbonyl (C=O) groups excluding carboxylic acids is 1. The summed E-state index contributed by atoms with van der Waals surface area (Å²) in [7, 11) is 0. The number of carbonyl (C=O) groups is 1. The quantitative estimate of drug-likeness (QED) is 0.504. The van der Waals surface area contributed by atoms with Crippen molar-refractivity contribution >= 4 is 27.9 Å². The van der Waals surface area contributed by atoms with Gasteiger partial charge in [-0.25, -0.2) is 0 Å². The Morgan fingerprint density at radius 1 is 1.23 bits per heavy atom. The van der Waals surface area contributed by atoms with Gasteiger partial charge in [0, 0.05) is 35.1 Å². The Bertz CT molecular complexity index is 970. The van der Waals surface area contributed by atoms with Crippen LogP contribution in [0, 0.1) is 11.3 Å². The second-order valence-electron chi connectivity index (χ2n) is 5.42. The molecular formula is C20H14BrN3O2. The zero-order valence-corrected chi connectivity index (χ0v) is 15.2.